The third-order valence-corrected chi connectivity index (χ3v) is 2.88. The number of hydrogen-bond donors (Lipinski definition) is 0. The summed E-state index contributed by atoms with van der Waals surface area (Å²) in [5.41, 5.74) is 0.829. The van der Waals surface area contributed by atoms with Crippen molar-refractivity contribution < 1.29 is 9.53 Å². The molecule has 0 bridgehead atoms. The summed E-state index contributed by atoms with van der Waals surface area (Å²) in [7, 11) is 0. The Kier molecular flexibility index (Phi) is 4.16. The van der Waals surface area contributed by atoms with Gasteiger partial charge in [0.25, 0.3) is 5.78 Å². The first-order valence-electron chi connectivity index (χ1n) is 6.62. The summed E-state index contributed by atoms with van der Waals surface area (Å²) < 4.78 is 6.66. The third kappa shape index (κ3) is 2.87. The van der Waals surface area contributed by atoms with Crippen molar-refractivity contribution in [3.05, 3.63) is 18.1 Å². The fourth-order valence-corrected chi connectivity index (χ4v) is 1.99. The molecule has 0 atom stereocenters. The van der Waals surface area contributed by atoms with Crippen LogP contribution in [0.3, 0.4) is 0 Å². The van der Waals surface area contributed by atoms with E-state index in [1.807, 2.05) is 31.7 Å². The SMILES string of the molecule is CCOC(=O)CN(c1cc(C)nc2ncnn12)C(C)C. The van der Waals surface area contributed by atoms with Gasteiger partial charge >= 0.3 is 5.97 Å². The van der Waals surface area contributed by atoms with Crippen LogP contribution in [0.1, 0.15) is 26.5 Å². The first kappa shape index (κ1) is 14.2. The van der Waals surface area contributed by atoms with Crippen molar-refractivity contribution in [3.8, 4) is 0 Å². The number of carbonyl (C=O) groups excluding carboxylic acids is 1. The van der Waals surface area contributed by atoms with E-state index < -0.39 is 0 Å². The second-order valence-electron chi connectivity index (χ2n) is 4.75. The molecule has 0 saturated carbocycles. The quantitative estimate of drug-likeness (QED) is 0.765. The monoisotopic (exact) mass is 277 g/mol. The Balaban J connectivity index is 2.41. The molecule has 2 heterocycles. The molecule has 0 radical (unpaired) electrons. The van der Waals surface area contributed by atoms with Crippen molar-refractivity contribution in [2.45, 2.75) is 33.7 Å². The summed E-state index contributed by atoms with van der Waals surface area (Å²) >= 11 is 0. The number of aromatic nitrogens is 4. The number of anilines is 1. The highest BCUT2D eigenvalue weighted by atomic mass is 16.5. The molecule has 0 amide bonds. The highest BCUT2D eigenvalue weighted by molar-refractivity contribution is 5.75. The lowest BCUT2D eigenvalue weighted by atomic mass is 10.3. The second-order valence-corrected chi connectivity index (χ2v) is 4.75. The number of ether oxygens (including phenoxy) is 1. The van der Waals surface area contributed by atoms with Crippen LogP contribution in [-0.2, 0) is 9.53 Å². The molecule has 7 nitrogen and oxygen atoms in total. The number of hydrogen-bond acceptors (Lipinski definition) is 6. The first-order valence-corrected chi connectivity index (χ1v) is 6.62. The van der Waals surface area contributed by atoms with Crippen molar-refractivity contribution in [3.63, 3.8) is 0 Å². The fourth-order valence-electron chi connectivity index (χ4n) is 1.99. The standard InChI is InChI=1S/C13H19N5O2/c1-5-20-12(19)7-17(9(2)3)11-6-10(4)16-13-14-8-15-18(11)13/h6,8-9H,5,7H2,1-4H3. The van der Waals surface area contributed by atoms with Crippen LogP contribution in [0.25, 0.3) is 5.78 Å². The Bertz CT molecular complexity index is 608. The van der Waals surface area contributed by atoms with E-state index in [0.29, 0.717) is 12.4 Å². The van der Waals surface area contributed by atoms with Gasteiger partial charge in [-0.2, -0.15) is 14.6 Å². The van der Waals surface area contributed by atoms with Crippen molar-refractivity contribution in [1.82, 2.24) is 19.6 Å². The first-order chi connectivity index (χ1) is 9.52. The van der Waals surface area contributed by atoms with Gasteiger partial charge in [0.15, 0.2) is 0 Å². The average Bonchev–Trinajstić information content (AvgIpc) is 2.83. The van der Waals surface area contributed by atoms with Gasteiger partial charge in [0.1, 0.15) is 18.7 Å². The van der Waals surface area contributed by atoms with Crippen molar-refractivity contribution in [1.29, 1.82) is 0 Å². The fraction of sp³-hybridized carbons (Fsp3) is 0.538. The molecule has 7 heteroatoms. The molecule has 0 saturated heterocycles. The zero-order chi connectivity index (χ0) is 14.7. The molecule has 0 N–H and O–H groups in total. The minimum atomic E-state index is -0.260. The van der Waals surface area contributed by atoms with Gasteiger partial charge in [-0.25, -0.2) is 4.98 Å². The normalized spacial score (nSPS) is 11.1. The molecule has 0 aliphatic carbocycles. The summed E-state index contributed by atoms with van der Waals surface area (Å²) in [4.78, 5) is 22.1. The number of nitrogens with zero attached hydrogens (tertiary/aromatic N) is 5. The van der Waals surface area contributed by atoms with E-state index in [-0.39, 0.29) is 18.6 Å². The lowest BCUT2D eigenvalue weighted by Crippen LogP contribution is -2.38. The van der Waals surface area contributed by atoms with Crippen LogP contribution in [0.2, 0.25) is 0 Å². The second kappa shape index (κ2) is 5.85. The molecule has 0 fully saturated rings. The maximum absolute atomic E-state index is 11.8. The molecule has 2 aromatic heterocycles. The van der Waals surface area contributed by atoms with Gasteiger partial charge in [-0.15, -0.1) is 0 Å². The largest absolute Gasteiger partial charge is 0.465 e. The number of carbonyl (C=O) groups is 1. The summed E-state index contributed by atoms with van der Waals surface area (Å²) in [5.74, 6) is 1.05. The molecule has 2 rings (SSSR count). The number of esters is 1. The van der Waals surface area contributed by atoms with E-state index in [1.54, 1.807) is 11.4 Å². The summed E-state index contributed by atoms with van der Waals surface area (Å²) in [6.45, 7) is 8.25. The minimum Gasteiger partial charge on any atom is -0.465 e. The predicted octanol–water partition coefficient (Wildman–Crippen LogP) is 1.21. The van der Waals surface area contributed by atoms with Gasteiger partial charge in [-0.05, 0) is 27.7 Å². The topological polar surface area (TPSA) is 72.6 Å². The molecule has 0 aliphatic rings. The van der Waals surface area contributed by atoms with Crippen LogP contribution in [0.15, 0.2) is 12.4 Å². The molecule has 0 unspecified atom stereocenters. The number of aryl methyl sites for hydroxylation is 1. The van der Waals surface area contributed by atoms with Crippen LogP contribution in [-0.4, -0.2) is 44.7 Å². The molecule has 0 aliphatic heterocycles. The van der Waals surface area contributed by atoms with Gasteiger partial charge < -0.3 is 9.64 Å². The zero-order valence-electron chi connectivity index (χ0n) is 12.2. The van der Waals surface area contributed by atoms with Crippen LogP contribution < -0.4 is 4.90 Å². The van der Waals surface area contributed by atoms with Crippen LogP contribution in [0.5, 0.6) is 0 Å². The van der Waals surface area contributed by atoms with E-state index in [9.17, 15) is 4.79 Å². The van der Waals surface area contributed by atoms with Gasteiger partial charge in [-0.3, -0.25) is 4.79 Å². The lowest BCUT2D eigenvalue weighted by Gasteiger charge is -2.27. The maximum atomic E-state index is 11.8. The Hall–Kier alpha value is -2.18. The maximum Gasteiger partial charge on any atom is 0.325 e. The summed E-state index contributed by atoms with van der Waals surface area (Å²) in [6.07, 6.45) is 1.45. The Labute approximate surface area is 117 Å². The van der Waals surface area contributed by atoms with Gasteiger partial charge in [0.05, 0.1) is 6.61 Å². The Morgan fingerprint density at radius 1 is 1.50 bits per heavy atom. The predicted molar refractivity (Wildman–Crippen MR) is 74.6 cm³/mol. The highest BCUT2D eigenvalue weighted by Gasteiger charge is 2.19. The molecular formula is C13H19N5O2. The van der Waals surface area contributed by atoms with E-state index in [0.717, 1.165) is 11.5 Å². The average molecular weight is 277 g/mol. The smallest absolute Gasteiger partial charge is 0.325 e. The molecular weight excluding hydrogens is 258 g/mol. The van der Waals surface area contributed by atoms with Crippen molar-refractivity contribution >= 4 is 17.6 Å². The van der Waals surface area contributed by atoms with Crippen molar-refractivity contribution in [2.24, 2.45) is 0 Å². The Morgan fingerprint density at radius 2 is 2.25 bits per heavy atom. The molecule has 0 aromatic carbocycles. The molecule has 108 valence electrons. The van der Waals surface area contributed by atoms with E-state index in [4.69, 9.17) is 4.74 Å². The summed E-state index contributed by atoms with van der Waals surface area (Å²) in [5, 5.41) is 4.17. The van der Waals surface area contributed by atoms with Gasteiger partial charge in [-0.1, -0.05) is 0 Å². The summed E-state index contributed by atoms with van der Waals surface area (Å²) in [6, 6.07) is 2.01. The van der Waals surface area contributed by atoms with Crippen LogP contribution >= 0.6 is 0 Å². The number of fused-ring (bicyclic) bond motifs is 1. The Morgan fingerprint density at radius 3 is 2.90 bits per heavy atom. The van der Waals surface area contributed by atoms with Gasteiger partial charge in [0.2, 0.25) is 0 Å². The third-order valence-electron chi connectivity index (χ3n) is 2.88. The molecule has 20 heavy (non-hydrogen) atoms. The van der Waals surface area contributed by atoms with Crippen LogP contribution in [0.4, 0.5) is 5.82 Å². The number of rotatable bonds is 5. The lowest BCUT2D eigenvalue weighted by molar-refractivity contribution is -0.141. The van der Waals surface area contributed by atoms with E-state index in [1.165, 1.54) is 6.33 Å². The highest BCUT2D eigenvalue weighted by Crippen LogP contribution is 2.18. The minimum absolute atomic E-state index is 0.119. The van der Waals surface area contributed by atoms with Crippen molar-refractivity contribution in [2.75, 3.05) is 18.1 Å². The van der Waals surface area contributed by atoms with Gasteiger partial charge in [0, 0.05) is 17.8 Å². The van der Waals surface area contributed by atoms with Crippen LogP contribution in [0, 0.1) is 6.92 Å². The zero-order valence-corrected chi connectivity index (χ0v) is 12.2. The van der Waals surface area contributed by atoms with E-state index in [2.05, 4.69) is 15.1 Å². The van der Waals surface area contributed by atoms with E-state index >= 15 is 0 Å². The molecule has 2 aromatic rings. The molecule has 0 spiro atoms.